The molecule has 2 fully saturated rings. The van der Waals surface area contributed by atoms with Crippen molar-refractivity contribution < 1.29 is 19.7 Å². The van der Waals surface area contributed by atoms with Gasteiger partial charge >= 0.3 is 5.97 Å². The molecule has 0 spiro atoms. The van der Waals surface area contributed by atoms with Gasteiger partial charge in [0.1, 0.15) is 12.4 Å². The molecule has 0 aliphatic heterocycles. The van der Waals surface area contributed by atoms with Gasteiger partial charge in [-0.3, -0.25) is 4.79 Å². The van der Waals surface area contributed by atoms with Gasteiger partial charge in [0.15, 0.2) is 0 Å². The first-order chi connectivity index (χ1) is 15.0. The molecule has 2 aromatic carbocycles. The van der Waals surface area contributed by atoms with E-state index in [1.165, 1.54) is 11.1 Å². The monoisotopic (exact) mass is 420 g/mol. The molecule has 5 rings (SSSR count). The number of ether oxygens (including phenoxy) is 1. The fourth-order valence-corrected chi connectivity index (χ4v) is 7.08. The first-order valence-corrected chi connectivity index (χ1v) is 11.6. The van der Waals surface area contributed by atoms with Gasteiger partial charge in [-0.15, -0.1) is 0 Å². The first-order valence-electron chi connectivity index (χ1n) is 11.6. The first kappa shape index (κ1) is 20.6. The van der Waals surface area contributed by atoms with E-state index in [9.17, 15) is 15.0 Å². The number of hydrogen-bond acceptors (Lipinski definition) is 3. The van der Waals surface area contributed by atoms with Gasteiger partial charge in [-0.2, -0.15) is 0 Å². The van der Waals surface area contributed by atoms with Crippen molar-refractivity contribution in [2.24, 2.45) is 23.2 Å². The maximum Gasteiger partial charge on any atom is 0.303 e. The average Bonchev–Trinajstić information content (AvgIpc) is 3.01. The van der Waals surface area contributed by atoms with Crippen molar-refractivity contribution in [1.82, 2.24) is 0 Å². The lowest BCUT2D eigenvalue weighted by molar-refractivity contribution is -0.139. The van der Waals surface area contributed by atoms with Crippen molar-refractivity contribution in [2.75, 3.05) is 0 Å². The molecule has 4 heteroatoms. The summed E-state index contributed by atoms with van der Waals surface area (Å²) in [6, 6.07) is 16.8. The summed E-state index contributed by atoms with van der Waals surface area (Å²) in [7, 11) is 0. The maximum absolute atomic E-state index is 11.5. The molecule has 1 unspecified atom stereocenters. The number of benzene rings is 2. The second-order valence-electron chi connectivity index (χ2n) is 10.1. The Bertz CT molecular complexity index is 955. The molecule has 6 atom stereocenters. The zero-order valence-electron chi connectivity index (χ0n) is 18.2. The van der Waals surface area contributed by atoms with Gasteiger partial charge in [-0.1, -0.05) is 43.3 Å². The Kier molecular flexibility index (Phi) is 5.29. The SMILES string of the molecule is C[C@]12CC[C@@H]3c4ccc(OCc5ccccc5)cc4CC[C@H]3[C@@H]1C(CC(=O)O)C[C@@H]2O. The number of carbonyl (C=O) groups is 1. The van der Waals surface area contributed by atoms with Gasteiger partial charge in [0.05, 0.1) is 6.10 Å². The third-order valence-electron chi connectivity index (χ3n) is 8.47. The highest BCUT2D eigenvalue weighted by molar-refractivity contribution is 5.67. The van der Waals surface area contributed by atoms with Crippen LogP contribution in [0.1, 0.15) is 61.6 Å². The van der Waals surface area contributed by atoms with Gasteiger partial charge in [-0.05, 0) is 90.0 Å². The van der Waals surface area contributed by atoms with E-state index < -0.39 is 5.97 Å². The molecule has 2 N–H and O–H groups in total. The van der Waals surface area contributed by atoms with Crippen LogP contribution in [0.5, 0.6) is 5.75 Å². The van der Waals surface area contributed by atoms with Crippen molar-refractivity contribution in [3.8, 4) is 5.75 Å². The van der Waals surface area contributed by atoms with Crippen molar-refractivity contribution in [2.45, 2.75) is 64.1 Å². The highest BCUT2D eigenvalue weighted by atomic mass is 16.5. The number of carboxylic acids is 1. The smallest absolute Gasteiger partial charge is 0.303 e. The zero-order chi connectivity index (χ0) is 21.6. The molecule has 4 nitrogen and oxygen atoms in total. The van der Waals surface area contributed by atoms with Gasteiger partial charge in [0.25, 0.3) is 0 Å². The fraction of sp³-hybridized carbons (Fsp3) is 0.519. The molecular weight excluding hydrogens is 388 g/mol. The standard InChI is InChI=1S/C27H32O4/c1-27-12-11-22-21-10-8-20(31-16-17-5-3-2-4-6-17)13-18(21)7-9-23(22)26(27)19(14-24(27)28)15-25(29)30/h2-6,8,10,13,19,22-24,26,28H,7,9,11-12,14-16H2,1H3,(H,29,30)/t19?,22-,23-,24+,26+,27-/m1/s1. The van der Waals surface area contributed by atoms with E-state index in [1.54, 1.807) is 0 Å². The summed E-state index contributed by atoms with van der Waals surface area (Å²) < 4.78 is 6.06. The molecule has 3 aliphatic rings. The Labute approximate surface area is 184 Å². The van der Waals surface area contributed by atoms with E-state index in [4.69, 9.17) is 4.74 Å². The van der Waals surface area contributed by atoms with E-state index in [1.807, 2.05) is 18.2 Å². The summed E-state index contributed by atoms with van der Waals surface area (Å²) in [5.41, 5.74) is 3.82. The summed E-state index contributed by atoms with van der Waals surface area (Å²) in [4.78, 5) is 11.5. The minimum absolute atomic E-state index is 0.0836. The lowest BCUT2D eigenvalue weighted by Gasteiger charge is -2.51. The average molecular weight is 421 g/mol. The maximum atomic E-state index is 11.5. The van der Waals surface area contributed by atoms with Gasteiger partial charge in [0.2, 0.25) is 0 Å². The number of fused-ring (bicyclic) bond motifs is 5. The third kappa shape index (κ3) is 3.65. The van der Waals surface area contributed by atoms with Crippen LogP contribution in [0.2, 0.25) is 0 Å². The quantitative estimate of drug-likeness (QED) is 0.699. The number of aliphatic hydroxyl groups is 1. The van der Waals surface area contributed by atoms with Crippen LogP contribution in [0, 0.1) is 23.2 Å². The highest BCUT2D eigenvalue weighted by Gasteiger charge is 2.58. The van der Waals surface area contributed by atoms with E-state index in [2.05, 4.69) is 37.3 Å². The van der Waals surface area contributed by atoms with Crippen LogP contribution in [0.15, 0.2) is 48.5 Å². The predicted octanol–water partition coefficient (Wildman–Crippen LogP) is 5.18. The van der Waals surface area contributed by atoms with Crippen molar-refractivity contribution in [3.63, 3.8) is 0 Å². The third-order valence-corrected chi connectivity index (χ3v) is 8.47. The topological polar surface area (TPSA) is 66.8 Å². The molecule has 3 aliphatic carbocycles. The Morgan fingerprint density at radius 2 is 1.97 bits per heavy atom. The molecule has 0 amide bonds. The second kappa shape index (κ2) is 7.98. The van der Waals surface area contributed by atoms with E-state index in [0.717, 1.165) is 37.0 Å². The van der Waals surface area contributed by atoms with Gasteiger partial charge in [0, 0.05) is 6.42 Å². The van der Waals surface area contributed by atoms with Crippen LogP contribution in [-0.2, 0) is 17.8 Å². The van der Waals surface area contributed by atoms with Crippen molar-refractivity contribution >= 4 is 5.97 Å². The van der Waals surface area contributed by atoms with Crippen LogP contribution >= 0.6 is 0 Å². The van der Waals surface area contributed by atoms with E-state index in [0.29, 0.717) is 30.8 Å². The Morgan fingerprint density at radius 1 is 1.16 bits per heavy atom. The number of carboxylic acid groups (broad SMARTS) is 1. The lowest BCUT2D eigenvalue weighted by atomic mass is 9.54. The lowest BCUT2D eigenvalue weighted by Crippen LogP contribution is -2.45. The Balaban J connectivity index is 1.37. The summed E-state index contributed by atoms with van der Waals surface area (Å²) >= 11 is 0. The minimum atomic E-state index is -0.736. The van der Waals surface area contributed by atoms with Crippen LogP contribution in [-0.4, -0.2) is 22.3 Å². The molecule has 0 saturated heterocycles. The molecule has 2 aromatic rings. The second-order valence-corrected chi connectivity index (χ2v) is 10.1. The number of rotatable bonds is 5. The van der Waals surface area contributed by atoms with Crippen LogP contribution in [0.25, 0.3) is 0 Å². The molecular formula is C27H32O4. The largest absolute Gasteiger partial charge is 0.489 e. The van der Waals surface area contributed by atoms with Gasteiger partial charge in [-0.25, -0.2) is 0 Å². The van der Waals surface area contributed by atoms with Crippen molar-refractivity contribution in [1.29, 1.82) is 0 Å². The molecule has 31 heavy (non-hydrogen) atoms. The van der Waals surface area contributed by atoms with E-state index >= 15 is 0 Å². The highest BCUT2D eigenvalue weighted by Crippen LogP contribution is 2.63. The zero-order valence-corrected chi connectivity index (χ0v) is 18.2. The summed E-state index contributed by atoms with van der Waals surface area (Å²) in [5, 5.41) is 20.3. The van der Waals surface area contributed by atoms with Crippen LogP contribution in [0.4, 0.5) is 0 Å². The Hall–Kier alpha value is -2.33. The van der Waals surface area contributed by atoms with Crippen LogP contribution in [0.3, 0.4) is 0 Å². The number of aliphatic hydroxyl groups excluding tert-OH is 1. The molecule has 0 aromatic heterocycles. The molecule has 0 bridgehead atoms. The summed E-state index contributed by atoms with van der Waals surface area (Å²) in [6.45, 7) is 2.78. The number of hydrogen-bond donors (Lipinski definition) is 2. The minimum Gasteiger partial charge on any atom is -0.489 e. The normalized spacial score (nSPS) is 33.8. The van der Waals surface area contributed by atoms with Gasteiger partial charge < -0.3 is 14.9 Å². The van der Waals surface area contributed by atoms with E-state index in [-0.39, 0.29) is 23.9 Å². The molecule has 0 heterocycles. The number of aryl methyl sites for hydroxylation is 1. The number of aliphatic carboxylic acids is 1. The predicted molar refractivity (Wildman–Crippen MR) is 119 cm³/mol. The fourth-order valence-electron chi connectivity index (χ4n) is 7.08. The van der Waals surface area contributed by atoms with Crippen LogP contribution < -0.4 is 4.74 Å². The summed E-state index contributed by atoms with van der Waals surface area (Å²) in [6.07, 6.45) is 4.56. The molecule has 2 saturated carbocycles. The Morgan fingerprint density at radius 3 is 2.74 bits per heavy atom. The summed E-state index contributed by atoms with van der Waals surface area (Å²) in [5.74, 6) is 1.48. The molecule has 164 valence electrons. The van der Waals surface area contributed by atoms with Crippen molar-refractivity contribution in [3.05, 3.63) is 65.2 Å². The molecule has 0 radical (unpaired) electrons.